The third-order valence-electron chi connectivity index (χ3n) is 6.43. The van der Waals surface area contributed by atoms with Crippen LogP contribution in [0.4, 0.5) is 0 Å². The zero-order valence-corrected chi connectivity index (χ0v) is 15.6. The first-order valence-electron chi connectivity index (χ1n) is 9.67. The lowest BCUT2D eigenvalue weighted by Crippen LogP contribution is -2.68. The summed E-state index contributed by atoms with van der Waals surface area (Å²) in [5, 5.41) is 10.2. The van der Waals surface area contributed by atoms with Crippen LogP contribution in [0.25, 0.3) is 0 Å². The van der Waals surface area contributed by atoms with Crippen LogP contribution in [0.2, 0.25) is 0 Å². The molecule has 26 heavy (non-hydrogen) atoms. The molecular formula is C20H29N3O3. The van der Waals surface area contributed by atoms with E-state index in [1.165, 1.54) is 0 Å². The quantitative estimate of drug-likeness (QED) is 0.832. The van der Waals surface area contributed by atoms with Gasteiger partial charge in [-0.1, -0.05) is 6.07 Å². The molecule has 1 amide bonds. The van der Waals surface area contributed by atoms with Gasteiger partial charge in [0.2, 0.25) is 5.91 Å². The standard InChI is InChI=1S/C20H29N3O3/c1-22-11-16(12-26-13-17-5-2-3-8-21-17)9-19(22)14-23(15-19)18(24)10-20(25)6-4-7-20/h2-3,5,8,16,25H,4,6-7,9-15H2,1H3/t16-/m0/s1. The number of rotatable bonds is 6. The fraction of sp³-hybridized carbons (Fsp3) is 0.700. The van der Waals surface area contributed by atoms with Gasteiger partial charge in [-0.3, -0.25) is 14.7 Å². The molecule has 3 aliphatic rings. The molecule has 2 aliphatic heterocycles. The fourth-order valence-corrected chi connectivity index (χ4v) is 4.63. The van der Waals surface area contributed by atoms with Gasteiger partial charge in [-0.2, -0.15) is 0 Å². The maximum Gasteiger partial charge on any atom is 0.225 e. The molecule has 1 saturated carbocycles. The van der Waals surface area contributed by atoms with Crippen LogP contribution in [0.5, 0.6) is 0 Å². The highest BCUT2D eigenvalue weighted by Crippen LogP contribution is 2.41. The Morgan fingerprint density at radius 1 is 1.38 bits per heavy atom. The molecule has 1 atom stereocenters. The molecular weight excluding hydrogens is 330 g/mol. The summed E-state index contributed by atoms with van der Waals surface area (Å²) in [5.41, 5.74) is 0.350. The van der Waals surface area contributed by atoms with E-state index in [1.807, 2.05) is 23.1 Å². The normalized spacial score (nSPS) is 26.5. The Balaban J connectivity index is 1.22. The van der Waals surface area contributed by atoms with Crippen LogP contribution in [0.3, 0.4) is 0 Å². The summed E-state index contributed by atoms with van der Waals surface area (Å²) < 4.78 is 5.87. The van der Waals surface area contributed by atoms with Crippen molar-refractivity contribution in [3.8, 4) is 0 Å². The molecule has 0 radical (unpaired) electrons. The monoisotopic (exact) mass is 359 g/mol. The molecule has 0 aromatic carbocycles. The van der Waals surface area contributed by atoms with E-state index < -0.39 is 5.60 Å². The molecule has 0 bridgehead atoms. The lowest BCUT2D eigenvalue weighted by molar-refractivity contribution is -0.152. The number of hydrogen-bond acceptors (Lipinski definition) is 5. The molecule has 3 heterocycles. The van der Waals surface area contributed by atoms with Crippen molar-refractivity contribution in [1.82, 2.24) is 14.8 Å². The SMILES string of the molecule is CN1C[C@@H](COCc2ccccn2)CC12CN(C(=O)CC1(O)CCC1)C2. The van der Waals surface area contributed by atoms with E-state index in [-0.39, 0.29) is 11.4 Å². The number of aliphatic hydroxyl groups is 1. The Morgan fingerprint density at radius 3 is 2.85 bits per heavy atom. The van der Waals surface area contributed by atoms with Crippen LogP contribution in [0.1, 0.15) is 37.8 Å². The number of ether oxygens (including phenoxy) is 1. The summed E-state index contributed by atoms with van der Waals surface area (Å²) in [6.45, 7) is 3.87. The van der Waals surface area contributed by atoms with Crippen LogP contribution in [0, 0.1) is 5.92 Å². The van der Waals surface area contributed by atoms with E-state index in [2.05, 4.69) is 16.9 Å². The van der Waals surface area contributed by atoms with Gasteiger partial charge in [-0.15, -0.1) is 0 Å². The van der Waals surface area contributed by atoms with E-state index >= 15 is 0 Å². The summed E-state index contributed by atoms with van der Waals surface area (Å²) in [6.07, 6.45) is 5.73. The smallest absolute Gasteiger partial charge is 0.225 e. The molecule has 6 nitrogen and oxygen atoms in total. The molecule has 2 saturated heterocycles. The number of carbonyl (C=O) groups is 1. The Labute approximate surface area is 155 Å². The maximum atomic E-state index is 12.4. The summed E-state index contributed by atoms with van der Waals surface area (Å²) in [6, 6.07) is 5.87. The van der Waals surface area contributed by atoms with Crippen molar-refractivity contribution >= 4 is 5.91 Å². The largest absolute Gasteiger partial charge is 0.389 e. The van der Waals surface area contributed by atoms with E-state index in [0.29, 0.717) is 18.9 Å². The van der Waals surface area contributed by atoms with E-state index in [4.69, 9.17) is 4.74 Å². The van der Waals surface area contributed by atoms with Gasteiger partial charge < -0.3 is 14.7 Å². The highest BCUT2D eigenvalue weighted by atomic mass is 16.5. The zero-order chi connectivity index (χ0) is 18.2. The molecule has 6 heteroatoms. The third-order valence-corrected chi connectivity index (χ3v) is 6.43. The predicted molar refractivity (Wildman–Crippen MR) is 97.4 cm³/mol. The van der Waals surface area contributed by atoms with Crippen molar-refractivity contribution in [2.45, 2.75) is 49.9 Å². The van der Waals surface area contributed by atoms with Crippen LogP contribution < -0.4 is 0 Å². The number of likely N-dealkylation sites (tertiary alicyclic amines) is 2. The number of pyridine rings is 1. The van der Waals surface area contributed by atoms with Crippen LogP contribution >= 0.6 is 0 Å². The second kappa shape index (κ2) is 6.91. The summed E-state index contributed by atoms with van der Waals surface area (Å²) in [5.74, 6) is 0.609. The summed E-state index contributed by atoms with van der Waals surface area (Å²) >= 11 is 0. The van der Waals surface area contributed by atoms with Crippen molar-refractivity contribution in [2.75, 3.05) is 33.3 Å². The minimum Gasteiger partial charge on any atom is -0.389 e. The van der Waals surface area contributed by atoms with E-state index in [0.717, 1.165) is 57.6 Å². The predicted octanol–water partition coefficient (Wildman–Crippen LogP) is 1.44. The maximum absolute atomic E-state index is 12.4. The van der Waals surface area contributed by atoms with Crippen molar-refractivity contribution in [1.29, 1.82) is 0 Å². The number of amides is 1. The van der Waals surface area contributed by atoms with E-state index in [9.17, 15) is 9.90 Å². The molecule has 0 unspecified atom stereocenters. The first-order chi connectivity index (χ1) is 12.5. The van der Waals surface area contributed by atoms with Gasteiger partial charge in [-0.05, 0) is 50.8 Å². The van der Waals surface area contributed by atoms with Gasteiger partial charge in [0.05, 0.1) is 36.5 Å². The topological polar surface area (TPSA) is 65.9 Å². The Morgan fingerprint density at radius 2 is 2.19 bits per heavy atom. The van der Waals surface area contributed by atoms with Gasteiger partial charge in [0.25, 0.3) is 0 Å². The van der Waals surface area contributed by atoms with Crippen LogP contribution in [-0.2, 0) is 16.1 Å². The third kappa shape index (κ3) is 3.50. The Hall–Kier alpha value is -1.50. The van der Waals surface area contributed by atoms with E-state index in [1.54, 1.807) is 6.20 Å². The second-order valence-corrected chi connectivity index (χ2v) is 8.52. The van der Waals surface area contributed by atoms with Crippen molar-refractivity contribution in [3.63, 3.8) is 0 Å². The van der Waals surface area contributed by atoms with Gasteiger partial charge >= 0.3 is 0 Å². The van der Waals surface area contributed by atoms with Gasteiger partial charge in [-0.25, -0.2) is 0 Å². The Bertz CT molecular complexity index is 641. The van der Waals surface area contributed by atoms with Crippen LogP contribution in [0.15, 0.2) is 24.4 Å². The lowest BCUT2D eigenvalue weighted by atomic mass is 9.76. The molecule has 1 spiro atoms. The molecule has 1 aliphatic carbocycles. The molecule has 1 aromatic heterocycles. The molecule has 1 N–H and O–H groups in total. The van der Waals surface area contributed by atoms with Crippen molar-refractivity contribution in [3.05, 3.63) is 30.1 Å². The minimum atomic E-state index is -0.719. The second-order valence-electron chi connectivity index (χ2n) is 8.52. The van der Waals surface area contributed by atoms with Crippen LogP contribution in [-0.4, -0.2) is 70.2 Å². The first kappa shape index (κ1) is 17.9. The average Bonchev–Trinajstić information content (AvgIpc) is 2.89. The molecule has 3 fully saturated rings. The lowest BCUT2D eigenvalue weighted by Gasteiger charge is -2.52. The fourth-order valence-electron chi connectivity index (χ4n) is 4.63. The average molecular weight is 359 g/mol. The van der Waals surface area contributed by atoms with Crippen molar-refractivity contribution < 1.29 is 14.6 Å². The molecule has 4 rings (SSSR count). The number of aromatic nitrogens is 1. The zero-order valence-electron chi connectivity index (χ0n) is 15.6. The highest BCUT2D eigenvalue weighted by molar-refractivity contribution is 5.78. The van der Waals surface area contributed by atoms with Gasteiger partial charge in [0.15, 0.2) is 0 Å². The summed E-state index contributed by atoms with van der Waals surface area (Å²) in [4.78, 5) is 21.0. The first-order valence-corrected chi connectivity index (χ1v) is 9.67. The molecule has 1 aromatic rings. The highest BCUT2D eigenvalue weighted by Gasteiger charge is 2.53. The van der Waals surface area contributed by atoms with Gasteiger partial charge in [0.1, 0.15) is 0 Å². The summed E-state index contributed by atoms with van der Waals surface area (Å²) in [7, 11) is 2.15. The van der Waals surface area contributed by atoms with Crippen molar-refractivity contribution in [2.24, 2.45) is 5.92 Å². The van der Waals surface area contributed by atoms with Gasteiger partial charge in [0, 0.05) is 25.8 Å². The molecule has 142 valence electrons. The number of hydrogen-bond donors (Lipinski definition) is 1. The number of likely N-dealkylation sites (N-methyl/N-ethyl adjacent to an activating group) is 1. The minimum absolute atomic E-state index is 0.108. The number of carbonyl (C=O) groups excluding carboxylic acids is 1. The number of nitrogens with zero attached hydrogens (tertiary/aromatic N) is 3. The Kier molecular flexibility index (Phi) is 4.75.